The number of methoxy groups -OCH3 is 2. The summed E-state index contributed by atoms with van der Waals surface area (Å²) in [5, 5.41) is 12.3. The van der Waals surface area contributed by atoms with Crippen molar-refractivity contribution in [1.82, 2.24) is 20.1 Å². The van der Waals surface area contributed by atoms with Crippen LogP contribution in [-0.4, -0.2) is 47.2 Å². The summed E-state index contributed by atoms with van der Waals surface area (Å²) in [6.45, 7) is 4.97. The van der Waals surface area contributed by atoms with Gasteiger partial charge in [0.25, 0.3) is 0 Å². The highest BCUT2D eigenvalue weighted by Crippen LogP contribution is 2.27. The predicted octanol–water partition coefficient (Wildman–Crippen LogP) is 4.22. The summed E-state index contributed by atoms with van der Waals surface area (Å²) in [6.07, 6.45) is 2.51. The van der Waals surface area contributed by atoms with Crippen LogP contribution in [0.4, 0.5) is 0 Å². The van der Waals surface area contributed by atoms with Gasteiger partial charge in [0.05, 0.1) is 25.7 Å². The molecule has 0 radical (unpaired) electrons. The number of amides is 1. The zero-order valence-corrected chi connectivity index (χ0v) is 20.5. The van der Waals surface area contributed by atoms with Crippen LogP contribution in [0.25, 0.3) is 0 Å². The van der Waals surface area contributed by atoms with Gasteiger partial charge in [-0.2, -0.15) is 0 Å². The molecule has 0 bridgehead atoms. The molecule has 1 N–H and O–H groups in total. The van der Waals surface area contributed by atoms with Crippen LogP contribution in [0.1, 0.15) is 11.4 Å². The fraction of sp³-hybridized carbons (Fsp3) is 0.292. The van der Waals surface area contributed by atoms with Gasteiger partial charge in [0.1, 0.15) is 5.82 Å². The minimum atomic E-state index is -0.0474. The Balaban J connectivity index is 1.49. The number of ether oxygens (including phenoxy) is 2. The number of hydrogen-bond acceptors (Lipinski definition) is 7. The van der Waals surface area contributed by atoms with E-state index in [4.69, 9.17) is 9.47 Å². The minimum absolute atomic E-state index is 0.0474. The second kappa shape index (κ2) is 13.0. The Hall–Kier alpha value is -2.91. The third kappa shape index (κ3) is 7.30. The summed E-state index contributed by atoms with van der Waals surface area (Å²) in [5.41, 5.74) is 1.06. The molecule has 0 aliphatic heterocycles. The van der Waals surface area contributed by atoms with Gasteiger partial charge in [0, 0.05) is 18.0 Å². The topological polar surface area (TPSA) is 78.3 Å². The number of benzene rings is 2. The number of nitrogens with zero attached hydrogens (tertiary/aromatic N) is 3. The molecule has 3 aromatic rings. The first kappa shape index (κ1) is 24.7. The van der Waals surface area contributed by atoms with Crippen LogP contribution in [-0.2, 0) is 23.5 Å². The number of allylic oxidation sites excluding steroid dienone is 1. The van der Waals surface area contributed by atoms with Crippen molar-refractivity contribution in [1.29, 1.82) is 0 Å². The van der Waals surface area contributed by atoms with Crippen LogP contribution in [0.2, 0.25) is 0 Å². The van der Waals surface area contributed by atoms with Crippen molar-refractivity contribution in [3.63, 3.8) is 0 Å². The molecule has 174 valence electrons. The van der Waals surface area contributed by atoms with E-state index in [2.05, 4.69) is 34.2 Å². The Labute approximate surface area is 203 Å². The first-order valence-electron chi connectivity index (χ1n) is 10.5. The molecule has 0 aliphatic rings. The van der Waals surface area contributed by atoms with Gasteiger partial charge in [-0.15, -0.1) is 28.5 Å². The molecular formula is C24H28N4O3S2. The van der Waals surface area contributed by atoms with Crippen molar-refractivity contribution >= 4 is 29.4 Å². The average Bonchev–Trinajstić information content (AvgIpc) is 3.23. The number of nitrogens with one attached hydrogen (secondary N) is 1. The summed E-state index contributed by atoms with van der Waals surface area (Å²) in [7, 11) is 3.22. The number of thioether (sulfide) groups is 2. The third-order valence-corrected chi connectivity index (χ3v) is 6.71. The highest BCUT2D eigenvalue weighted by molar-refractivity contribution is 7.99. The number of carbonyl (C=O) groups is 1. The van der Waals surface area contributed by atoms with E-state index in [1.807, 2.05) is 47.0 Å². The lowest BCUT2D eigenvalue weighted by atomic mass is 10.1. The first-order chi connectivity index (χ1) is 16.1. The van der Waals surface area contributed by atoms with E-state index in [-0.39, 0.29) is 11.7 Å². The summed E-state index contributed by atoms with van der Waals surface area (Å²) >= 11 is 3.08. The highest BCUT2D eigenvalue weighted by atomic mass is 32.2. The predicted molar refractivity (Wildman–Crippen MR) is 133 cm³/mol. The molecule has 0 spiro atoms. The lowest BCUT2D eigenvalue weighted by Gasteiger charge is -2.10. The number of hydrogen-bond donors (Lipinski definition) is 1. The Bertz CT molecular complexity index is 1060. The van der Waals surface area contributed by atoms with Gasteiger partial charge >= 0.3 is 0 Å². The molecule has 0 fully saturated rings. The molecule has 9 heteroatoms. The molecule has 0 unspecified atom stereocenters. The second-order valence-electron chi connectivity index (χ2n) is 6.98. The van der Waals surface area contributed by atoms with E-state index in [0.717, 1.165) is 11.4 Å². The number of aromatic nitrogens is 3. The molecule has 3 rings (SSSR count). The van der Waals surface area contributed by atoms with Crippen LogP contribution >= 0.6 is 23.5 Å². The van der Waals surface area contributed by atoms with Gasteiger partial charge < -0.3 is 19.4 Å². The van der Waals surface area contributed by atoms with Crippen LogP contribution in [0.15, 0.2) is 71.2 Å². The van der Waals surface area contributed by atoms with Crippen LogP contribution < -0.4 is 14.8 Å². The smallest absolute Gasteiger partial charge is 0.230 e. The summed E-state index contributed by atoms with van der Waals surface area (Å²) in [6, 6.07) is 15.9. The molecule has 2 aromatic carbocycles. The quantitative estimate of drug-likeness (QED) is 0.287. The molecule has 1 heterocycles. The van der Waals surface area contributed by atoms with Gasteiger partial charge in [0.15, 0.2) is 16.7 Å². The zero-order valence-electron chi connectivity index (χ0n) is 18.8. The van der Waals surface area contributed by atoms with Gasteiger partial charge in [-0.3, -0.25) is 4.79 Å². The fourth-order valence-electron chi connectivity index (χ4n) is 3.07. The standard InChI is InChI=1S/C24H28N4O3S2/c1-4-14-28-22(16-32-19-8-6-5-7-9-19)26-27-24(28)33-17-23(29)25-13-12-18-10-11-20(30-2)21(15-18)31-3/h4-11,15H,1,12-14,16-17H2,2-3H3,(H,25,29). The van der Waals surface area contributed by atoms with E-state index in [0.29, 0.717) is 41.9 Å². The summed E-state index contributed by atoms with van der Waals surface area (Å²) in [5.74, 6) is 3.15. The average molecular weight is 485 g/mol. The zero-order chi connectivity index (χ0) is 23.5. The van der Waals surface area contributed by atoms with Crippen molar-refractivity contribution in [3.05, 3.63) is 72.6 Å². The Morgan fingerprint density at radius 3 is 2.61 bits per heavy atom. The lowest BCUT2D eigenvalue weighted by Crippen LogP contribution is -2.27. The maximum absolute atomic E-state index is 12.4. The fourth-order valence-corrected chi connectivity index (χ4v) is 4.73. The van der Waals surface area contributed by atoms with Crippen LogP contribution in [0.3, 0.4) is 0 Å². The van der Waals surface area contributed by atoms with Gasteiger partial charge in [0.2, 0.25) is 5.91 Å². The molecule has 0 saturated heterocycles. The number of carbonyl (C=O) groups excluding carboxylic acids is 1. The SMILES string of the molecule is C=CCn1c(CSc2ccccc2)nnc1SCC(=O)NCCc1ccc(OC)c(OC)c1. The van der Waals surface area contributed by atoms with E-state index >= 15 is 0 Å². The Kier molecular flexibility index (Phi) is 9.71. The van der Waals surface area contributed by atoms with Crippen molar-refractivity contribution in [3.8, 4) is 11.5 Å². The van der Waals surface area contributed by atoms with Crippen molar-refractivity contribution in [2.45, 2.75) is 28.8 Å². The number of rotatable bonds is 13. The van der Waals surface area contributed by atoms with E-state index in [9.17, 15) is 4.79 Å². The van der Waals surface area contributed by atoms with Gasteiger partial charge in [-0.1, -0.05) is 42.1 Å². The Morgan fingerprint density at radius 2 is 1.88 bits per heavy atom. The normalized spacial score (nSPS) is 10.6. The molecule has 7 nitrogen and oxygen atoms in total. The second-order valence-corrected chi connectivity index (χ2v) is 8.97. The van der Waals surface area contributed by atoms with E-state index < -0.39 is 0 Å². The monoisotopic (exact) mass is 484 g/mol. The maximum Gasteiger partial charge on any atom is 0.230 e. The van der Waals surface area contributed by atoms with Gasteiger partial charge in [-0.05, 0) is 36.2 Å². The minimum Gasteiger partial charge on any atom is -0.493 e. The molecule has 0 saturated carbocycles. The van der Waals surface area contributed by atoms with E-state index in [1.54, 1.807) is 26.0 Å². The van der Waals surface area contributed by atoms with Gasteiger partial charge in [-0.25, -0.2) is 0 Å². The highest BCUT2D eigenvalue weighted by Gasteiger charge is 2.14. The molecule has 0 aliphatic carbocycles. The molecule has 33 heavy (non-hydrogen) atoms. The van der Waals surface area contributed by atoms with Crippen molar-refractivity contribution in [2.75, 3.05) is 26.5 Å². The lowest BCUT2D eigenvalue weighted by molar-refractivity contribution is -0.118. The molecular weight excluding hydrogens is 456 g/mol. The molecule has 0 atom stereocenters. The largest absolute Gasteiger partial charge is 0.493 e. The summed E-state index contributed by atoms with van der Waals surface area (Å²) in [4.78, 5) is 13.5. The van der Waals surface area contributed by atoms with Crippen molar-refractivity contribution in [2.24, 2.45) is 0 Å². The van der Waals surface area contributed by atoms with Crippen LogP contribution in [0, 0.1) is 0 Å². The third-order valence-electron chi connectivity index (χ3n) is 4.73. The van der Waals surface area contributed by atoms with E-state index in [1.165, 1.54) is 16.7 Å². The first-order valence-corrected chi connectivity index (χ1v) is 12.4. The van der Waals surface area contributed by atoms with Crippen LogP contribution in [0.5, 0.6) is 11.5 Å². The van der Waals surface area contributed by atoms with Crippen molar-refractivity contribution < 1.29 is 14.3 Å². The summed E-state index contributed by atoms with van der Waals surface area (Å²) < 4.78 is 12.6. The molecule has 1 amide bonds. The molecule has 1 aromatic heterocycles. The maximum atomic E-state index is 12.4. The Morgan fingerprint density at radius 1 is 1.09 bits per heavy atom.